The number of aliphatic hydroxyl groups is 3. The maximum atomic E-state index is 12.9. The maximum absolute atomic E-state index is 12.9. The number of nitrogens with one attached hydrogen (secondary N) is 3. The third kappa shape index (κ3) is 17.4. The molecular formula is C33H53N9O23P4S. The SMILES string of the molecule is Cc1ncc(COP(=O)(O)O)c(CNC(C(=O)SCCNC(=O)CCNC(=O)C(O)C(C)(C)COP(=O)(O)OP(=O)(O)OCC2OC(n3cnc4c(N)ncnc43)C(O)C2OP(=O)(O)O)C(C)O)c1O. The summed E-state index contributed by atoms with van der Waals surface area (Å²) in [7, 11) is -21.4. The molecule has 70 heavy (non-hydrogen) atoms. The zero-order valence-electron chi connectivity index (χ0n) is 37.2. The highest BCUT2D eigenvalue weighted by Crippen LogP contribution is 2.61. The van der Waals surface area contributed by atoms with E-state index in [2.05, 4.69) is 49.2 Å². The van der Waals surface area contributed by atoms with Crippen LogP contribution in [0.4, 0.5) is 5.82 Å². The molecule has 0 aromatic carbocycles. The molecule has 15 N–H and O–H groups in total. The van der Waals surface area contributed by atoms with E-state index in [1.165, 1.54) is 33.9 Å². The summed E-state index contributed by atoms with van der Waals surface area (Å²) < 4.78 is 78.0. The Morgan fingerprint density at radius 1 is 0.957 bits per heavy atom. The van der Waals surface area contributed by atoms with E-state index in [1.54, 1.807) is 0 Å². The van der Waals surface area contributed by atoms with Crippen molar-refractivity contribution in [2.45, 2.75) is 90.1 Å². The van der Waals surface area contributed by atoms with Crippen molar-refractivity contribution in [3.63, 3.8) is 0 Å². The second-order valence-corrected chi connectivity index (χ2v) is 22.4. The Morgan fingerprint density at radius 2 is 1.63 bits per heavy atom. The number of fused-ring (bicyclic) bond motifs is 1. The first-order valence-corrected chi connectivity index (χ1v) is 27.2. The standard InChI is InChI=1S/C33H53N9O23P4S/c1-16-24(45)19(18(9-37-16)11-60-66(50,51)52)10-38-22(17(2)43)32(49)70-8-7-35-21(44)5-6-36-30(48)27(47)33(3,4)13-62-69(58,59)65-68(56,57)61-12-20-26(64-67(53,54)55)25(46)31(63-20)42-15-41-23-28(34)39-14-40-29(23)42/h9,14-15,17,20,22,25-27,31,38,43,45-47H,5-8,10-13H2,1-4H3,(H,35,44)(H,36,48)(H,56,57)(H,58,59)(H2,34,39,40)(H2,50,51,52)(H2,53,54,55). The van der Waals surface area contributed by atoms with Gasteiger partial charge in [0.2, 0.25) is 16.9 Å². The lowest BCUT2D eigenvalue weighted by Gasteiger charge is -2.30. The van der Waals surface area contributed by atoms with E-state index in [0.29, 0.717) is 0 Å². The highest BCUT2D eigenvalue weighted by atomic mass is 32.2. The molecule has 9 atom stereocenters. The van der Waals surface area contributed by atoms with Crippen molar-refractivity contribution < 1.29 is 110 Å². The number of carbonyl (C=O) groups excluding carboxylic acids is 3. The van der Waals surface area contributed by atoms with Gasteiger partial charge in [-0.3, -0.25) is 42.0 Å². The number of ether oxygens (including phenoxy) is 1. The summed E-state index contributed by atoms with van der Waals surface area (Å²) in [6.45, 7) is 1.84. The predicted octanol–water partition coefficient (Wildman–Crippen LogP) is -1.78. The first kappa shape index (κ1) is 59.1. The number of nitrogens with zero attached hydrogens (tertiary/aromatic N) is 5. The van der Waals surface area contributed by atoms with Crippen LogP contribution in [0.25, 0.3) is 11.2 Å². The number of phosphoric acid groups is 4. The van der Waals surface area contributed by atoms with Gasteiger partial charge in [0, 0.05) is 54.5 Å². The number of anilines is 1. The quantitative estimate of drug-likeness (QED) is 0.0296. The van der Waals surface area contributed by atoms with Crippen LogP contribution in [0.15, 0.2) is 18.9 Å². The number of phosphoric ester groups is 4. The van der Waals surface area contributed by atoms with Crippen LogP contribution in [0.3, 0.4) is 0 Å². The van der Waals surface area contributed by atoms with E-state index in [0.717, 1.165) is 29.0 Å². The first-order chi connectivity index (χ1) is 32.3. The molecule has 0 radical (unpaired) electrons. The fourth-order valence-corrected chi connectivity index (χ4v) is 10.2. The molecule has 1 fully saturated rings. The molecule has 1 aliphatic rings. The van der Waals surface area contributed by atoms with E-state index >= 15 is 0 Å². The highest BCUT2D eigenvalue weighted by Gasteiger charge is 2.50. The Hall–Kier alpha value is -3.46. The fraction of sp³-hybridized carbons (Fsp3) is 0.606. The van der Waals surface area contributed by atoms with E-state index < -0.39 is 116 Å². The predicted molar refractivity (Wildman–Crippen MR) is 237 cm³/mol. The van der Waals surface area contributed by atoms with Gasteiger partial charge in [-0.05, 0) is 13.8 Å². The third-order valence-corrected chi connectivity index (χ3v) is 14.3. The van der Waals surface area contributed by atoms with E-state index in [-0.39, 0.29) is 71.4 Å². The Morgan fingerprint density at radius 3 is 2.27 bits per heavy atom. The van der Waals surface area contributed by atoms with Crippen molar-refractivity contribution in [1.82, 2.24) is 40.5 Å². The van der Waals surface area contributed by atoms with Gasteiger partial charge in [-0.2, -0.15) is 4.31 Å². The molecule has 4 rings (SSSR count). The summed E-state index contributed by atoms with van der Waals surface area (Å²) in [6, 6.07) is -1.19. The minimum atomic E-state index is -5.63. The van der Waals surface area contributed by atoms with Gasteiger partial charge in [0.15, 0.2) is 17.7 Å². The van der Waals surface area contributed by atoms with Gasteiger partial charge in [0.1, 0.15) is 48.1 Å². The summed E-state index contributed by atoms with van der Waals surface area (Å²) in [4.78, 5) is 111. The Bertz CT molecular complexity index is 2530. The number of hydrogen-bond acceptors (Lipinski definition) is 24. The van der Waals surface area contributed by atoms with Crippen LogP contribution < -0.4 is 21.7 Å². The molecule has 4 heterocycles. The summed E-state index contributed by atoms with van der Waals surface area (Å²) in [6.07, 6.45) is -7.36. The molecule has 0 aliphatic carbocycles. The van der Waals surface area contributed by atoms with Crippen LogP contribution in [0.5, 0.6) is 5.75 Å². The molecule has 394 valence electrons. The second-order valence-electron chi connectivity index (χ2n) is 15.8. The van der Waals surface area contributed by atoms with Crippen molar-refractivity contribution in [3.05, 3.63) is 35.7 Å². The van der Waals surface area contributed by atoms with Crippen molar-refractivity contribution in [1.29, 1.82) is 0 Å². The van der Waals surface area contributed by atoms with E-state index in [9.17, 15) is 72.6 Å². The number of aromatic nitrogens is 5. The number of aliphatic hydroxyl groups excluding tert-OH is 3. The first-order valence-electron chi connectivity index (χ1n) is 20.1. The molecular weight excluding hydrogens is 1050 g/mol. The van der Waals surface area contributed by atoms with Gasteiger partial charge < -0.3 is 76.2 Å². The lowest BCUT2D eigenvalue weighted by molar-refractivity contribution is -0.137. The van der Waals surface area contributed by atoms with Crippen LogP contribution in [0, 0.1) is 12.3 Å². The number of aromatic hydroxyl groups is 1. The van der Waals surface area contributed by atoms with Gasteiger partial charge in [-0.15, -0.1) is 0 Å². The zero-order chi connectivity index (χ0) is 52.6. The van der Waals surface area contributed by atoms with E-state index in [4.69, 9.17) is 29.3 Å². The van der Waals surface area contributed by atoms with Gasteiger partial charge in [0.05, 0.1) is 37.9 Å². The second kappa shape index (κ2) is 24.5. The Kier molecular flexibility index (Phi) is 20.7. The molecule has 1 aliphatic heterocycles. The van der Waals surface area contributed by atoms with Crippen molar-refractivity contribution in [2.75, 3.05) is 37.8 Å². The minimum absolute atomic E-state index is 0.00448. The number of rotatable bonds is 27. The number of nitrogen functional groups attached to an aromatic ring is 1. The van der Waals surface area contributed by atoms with Crippen molar-refractivity contribution >= 4 is 77.0 Å². The molecule has 0 spiro atoms. The molecule has 1 saturated heterocycles. The van der Waals surface area contributed by atoms with Crippen molar-refractivity contribution in [3.8, 4) is 5.75 Å². The molecule has 32 nitrogen and oxygen atoms in total. The molecule has 37 heteroatoms. The smallest absolute Gasteiger partial charge is 0.481 e. The molecule has 3 aromatic rings. The number of imidazole rings is 1. The average molecular weight is 1100 g/mol. The number of hydrogen-bond donors (Lipinski definition) is 14. The lowest BCUT2D eigenvalue weighted by Crippen LogP contribution is -2.46. The normalized spacial score (nSPS) is 20.9. The summed E-state index contributed by atoms with van der Waals surface area (Å²) in [5, 5.41) is 49.4. The number of pyridine rings is 1. The topological polar surface area (TPSA) is 496 Å². The van der Waals surface area contributed by atoms with Crippen LogP contribution in [0.1, 0.15) is 50.2 Å². The lowest BCUT2D eigenvalue weighted by atomic mass is 9.87. The molecule has 9 unspecified atom stereocenters. The minimum Gasteiger partial charge on any atom is -0.506 e. The number of thioether (sulfide) groups is 1. The van der Waals surface area contributed by atoms with Gasteiger partial charge in [0.25, 0.3) is 0 Å². The van der Waals surface area contributed by atoms with Gasteiger partial charge >= 0.3 is 31.3 Å². The maximum Gasteiger partial charge on any atom is 0.481 e. The summed E-state index contributed by atoms with van der Waals surface area (Å²) >= 11 is 0.742. The van der Waals surface area contributed by atoms with Crippen LogP contribution in [0.2, 0.25) is 0 Å². The monoisotopic (exact) mass is 1100 g/mol. The van der Waals surface area contributed by atoms with Crippen molar-refractivity contribution in [2.24, 2.45) is 5.41 Å². The van der Waals surface area contributed by atoms with Crippen LogP contribution in [-0.2, 0) is 72.9 Å². The summed E-state index contributed by atoms with van der Waals surface area (Å²) in [5.41, 5.74) is 4.53. The number of carbonyl (C=O) groups is 3. The summed E-state index contributed by atoms with van der Waals surface area (Å²) in [5.74, 6) is -2.02. The Balaban J connectivity index is 1.20. The Labute approximate surface area is 400 Å². The number of amides is 2. The van der Waals surface area contributed by atoms with Crippen LogP contribution >= 0.6 is 43.1 Å². The average Bonchev–Trinajstić information content (AvgIpc) is 3.81. The van der Waals surface area contributed by atoms with Gasteiger partial charge in [-0.25, -0.2) is 33.2 Å². The van der Waals surface area contributed by atoms with Crippen LogP contribution in [-0.4, -0.2) is 160 Å². The number of aryl methyl sites for hydroxylation is 1. The highest BCUT2D eigenvalue weighted by molar-refractivity contribution is 8.13. The van der Waals surface area contributed by atoms with E-state index in [1.807, 2.05) is 0 Å². The molecule has 2 amide bonds. The third-order valence-electron chi connectivity index (χ3n) is 9.80. The largest absolute Gasteiger partial charge is 0.506 e. The molecule has 0 bridgehead atoms. The zero-order valence-corrected chi connectivity index (χ0v) is 41.6. The number of nitrogens with two attached hydrogens (primary N) is 1. The molecule has 3 aromatic heterocycles. The van der Waals surface area contributed by atoms with Gasteiger partial charge in [-0.1, -0.05) is 25.6 Å². The molecule has 0 saturated carbocycles. The fourth-order valence-electron chi connectivity index (χ4n) is 6.19.